The molecule has 0 saturated carbocycles. The Morgan fingerprint density at radius 2 is 2.00 bits per heavy atom. The smallest absolute Gasteiger partial charge is 0.227 e. The first kappa shape index (κ1) is 15.1. The average Bonchev–Trinajstić information content (AvgIpc) is 3.29. The Morgan fingerprint density at radius 3 is 2.79 bits per heavy atom. The van der Waals surface area contributed by atoms with Crippen molar-refractivity contribution in [3.05, 3.63) is 70.7 Å². The zero-order chi connectivity index (χ0) is 16.4. The molecule has 1 aliphatic heterocycles. The summed E-state index contributed by atoms with van der Waals surface area (Å²) in [5.41, 5.74) is 6.59. The summed E-state index contributed by atoms with van der Waals surface area (Å²) in [6.07, 6.45) is 4.10. The number of anilines is 1. The van der Waals surface area contributed by atoms with Crippen LogP contribution in [-0.4, -0.2) is 17.4 Å². The SMILES string of the molecule is O=C(CCc1cncs1)N1CCc2cc(-c3ccccc3)ccc21. The summed E-state index contributed by atoms with van der Waals surface area (Å²) in [4.78, 5) is 19.7. The second-order valence-electron chi connectivity index (χ2n) is 5.97. The van der Waals surface area contributed by atoms with Crippen molar-refractivity contribution in [2.24, 2.45) is 0 Å². The van der Waals surface area contributed by atoms with Gasteiger partial charge in [-0.1, -0.05) is 36.4 Å². The maximum Gasteiger partial charge on any atom is 0.227 e. The van der Waals surface area contributed by atoms with Crippen molar-refractivity contribution in [2.45, 2.75) is 19.3 Å². The van der Waals surface area contributed by atoms with E-state index in [4.69, 9.17) is 0 Å². The van der Waals surface area contributed by atoms with E-state index in [1.807, 2.05) is 22.7 Å². The van der Waals surface area contributed by atoms with E-state index in [1.54, 1.807) is 11.3 Å². The zero-order valence-electron chi connectivity index (χ0n) is 13.3. The first-order valence-electron chi connectivity index (χ1n) is 8.17. The molecule has 24 heavy (non-hydrogen) atoms. The van der Waals surface area contributed by atoms with Crippen molar-refractivity contribution in [1.82, 2.24) is 4.98 Å². The molecule has 2 aromatic carbocycles. The molecule has 0 fully saturated rings. The fourth-order valence-corrected chi connectivity index (χ4v) is 3.80. The first-order valence-corrected chi connectivity index (χ1v) is 9.05. The number of rotatable bonds is 4. The Labute approximate surface area is 145 Å². The quantitative estimate of drug-likeness (QED) is 0.711. The molecule has 4 heteroatoms. The van der Waals surface area contributed by atoms with E-state index >= 15 is 0 Å². The van der Waals surface area contributed by atoms with Crippen LogP contribution in [0.4, 0.5) is 5.69 Å². The molecule has 4 rings (SSSR count). The number of carbonyl (C=O) groups is 1. The van der Waals surface area contributed by atoms with Crippen LogP contribution in [0.1, 0.15) is 16.9 Å². The molecule has 3 nitrogen and oxygen atoms in total. The standard InChI is InChI=1S/C20H18N2OS/c23-20(9-7-18-13-21-14-24-18)22-11-10-17-12-16(6-8-19(17)22)15-4-2-1-3-5-15/h1-6,8,12-14H,7,9-11H2. The maximum absolute atomic E-state index is 12.6. The summed E-state index contributed by atoms with van der Waals surface area (Å²) in [5, 5.41) is 0. The van der Waals surface area contributed by atoms with Gasteiger partial charge in [0.15, 0.2) is 0 Å². The summed E-state index contributed by atoms with van der Waals surface area (Å²) >= 11 is 1.61. The van der Waals surface area contributed by atoms with Crippen molar-refractivity contribution in [3.8, 4) is 11.1 Å². The van der Waals surface area contributed by atoms with Gasteiger partial charge in [0, 0.05) is 29.7 Å². The number of nitrogens with zero attached hydrogens (tertiary/aromatic N) is 2. The van der Waals surface area contributed by atoms with Gasteiger partial charge in [0.25, 0.3) is 0 Å². The molecule has 0 spiro atoms. The van der Waals surface area contributed by atoms with E-state index < -0.39 is 0 Å². The third-order valence-electron chi connectivity index (χ3n) is 4.45. The van der Waals surface area contributed by atoms with Crippen molar-refractivity contribution in [1.29, 1.82) is 0 Å². The van der Waals surface area contributed by atoms with Crippen LogP contribution in [0.5, 0.6) is 0 Å². The zero-order valence-corrected chi connectivity index (χ0v) is 14.1. The number of thiazole rings is 1. The van der Waals surface area contributed by atoms with Gasteiger partial charge in [0.05, 0.1) is 5.51 Å². The normalized spacial score (nSPS) is 13.1. The minimum Gasteiger partial charge on any atom is -0.312 e. The van der Waals surface area contributed by atoms with Gasteiger partial charge in [-0.05, 0) is 41.7 Å². The van der Waals surface area contributed by atoms with Crippen LogP contribution in [0.15, 0.2) is 60.2 Å². The van der Waals surface area contributed by atoms with Crippen molar-refractivity contribution < 1.29 is 4.79 Å². The predicted molar refractivity (Wildman–Crippen MR) is 98.4 cm³/mol. The number of aromatic nitrogens is 1. The molecule has 3 aromatic rings. The Hall–Kier alpha value is -2.46. The predicted octanol–water partition coefficient (Wildman–Crippen LogP) is 4.33. The molecule has 120 valence electrons. The van der Waals surface area contributed by atoms with Crippen molar-refractivity contribution in [2.75, 3.05) is 11.4 Å². The van der Waals surface area contributed by atoms with Crippen LogP contribution < -0.4 is 4.90 Å². The third-order valence-corrected chi connectivity index (χ3v) is 5.29. The van der Waals surface area contributed by atoms with Gasteiger partial charge in [0.2, 0.25) is 5.91 Å². The van der Waals surface area contributed by atoms with Crippen LogP contribution >= 0.6 is 11.3 Å². The lowest BCUT2D eigenvalue weighted by molar-refractivity contribution is -0.118. The summed E-state index contributed by atoms with van der Waals surface area (Å²) in [6.45, 7) is 0.787. The van der Waals surface area contributed by atoms with Gasteiger partial charge in [-0.2, -0.15) is 0 Å². The highest BCUT2D eigenvalue weighted by Gasteiger charge is 2.24. The molecule has 0 N–H and O–H groups in total. The molecule has 0 radical (unpaired) electrons. The van der Waals surface area contributed by atoms with Crippen molar-refractivity contribution >= 4 is 22.9 Å². The van der Waals surface area contributed by atoms with E-state index in [9.17, 15) is 4.79 Å². The summed E-state index contributed by atoms with van der Waals surface area (Å²) < 4.78 is 0. The van der Waals surface area contributed by atoms with Gasteiger partial charge >= 0.3 is 0 Å². The second kappa shape index (κ2) is 6.57. The van der Waals surface area contributed by atoms with Crippen LogP contribution in [-0.2, 0) is 17.6 Å². The molecule has 0 saturated heterocycles. The summed E-state index contributed by atoms with van der Waals surface area (Å²) in [7, 11) is 0. The molecule has 1 aliphatic rings. The molecular weight excluding hydrogens is 316 g/mol. The summed E-state index contributed by atoms with van der Waals surface area (Å²) in [5.74, 6) is 0.203. The van der Waals surface area contributed by atoms with Crippen LogP contribution in [0.3, 0.4) is 0 Å². The van der Waals surface area contributed by atoms with Gasteiger partial charge in [0.1, 0.15) is 0 Å². The van der Waals surface area contributed by atoms with Crippen LogP contribution in [0.25, 0.3) is 11.1 Å². The molecule has 1 aromatic heterocycles. The Kier molecular flexibility index (Phi) is 4.13. The molecular formula is C20H18N2OS. The number of hydrogen-bond donors (Lipinski definition) is 0. The van der Waals surface area contributed by atoms with Crippen LogP contribution in [0, 0.1) is 0 Å². The average molecular weight is 334 g/mol. The van der Waals surface area contributed by atoms with E-state index in [0.29, 0.717) is 6.42 Å². The van der Waals surface area contributed by atoms with Crippen LogP contribution in [0.2, 0.25) is 0 Å². The van der Waals surface area contributed by atoms with Gasteiger partial charge in [-0.15, -0.1) is 11.3 Å². The minimum absolute atomic E-state index is 0.203. The fourth-order valence-electron chi connectivity index (χ4n) is 3.20. The number of hydrogen-bond acceptors (Lipinski definition) is 3. The lowest BCUT2D eigenvalue weighted by atomic mass is 10.0. The Balaban J connectivity index is 1.51. The van der Waals surface area contributed by atoms with E-state index in [1.165, 1.54) is 21.6 Å². The number of benzene rings is 2. The minimum atomic E-state index is 0.203. The molecule has 0 bridgehead atoms. The van der Waals surface area contributed by atoms with Gasteiger partial charge in [-0.25, -0.2) is 0 Å². The molecule has 2 heterocycles. The third kappa shape index (κ3) is 2.97. The van der Waals surface area contributed by atoms with E-state index in [2.05, 4.69) is 47.4 Å². The number of fused-ring (bicyclic) bond motifs is 1. The van der Waals surface area contributed by atoms with E-state index in [0.717, 1.165) is 25.1 Å². The number of aryl methyl sites for hydroxylation is 1. The highest BCUT2D eigenvalue weighted by Crippen LogP contribution is 2.32. The Bertz CT molecular complexity index is 843. The molecule has 0 aliphatic carbocycles. The largest absolute Gasteiger partial charge is 0.312 e. The van der Waals surface area contributed by atoms with Crippen molar-refractivity contribution in [3.63, 3.8) is 0 Å². The number of amides is 1. The summed E-state index contributed by atoms with van der Waals surface area (Å²) in [6, 6.07) is 16.8. The Morgan fingerprint density at radius 1 is 1.12 bits per heavy atom. The second-order valence-corrected chi connectivity index (χ2v) is 6.94. The monoisotopic (exact) mass is 334 g/mol. The lowest BCUT2D eigenvalue weighted by Gasteiger charge is -2.17. The highest BCUT2D eigenvalue weighted by atomic mass is 32.1. The lowest BCUT2D eigenvalue weighted by Crippen LogP contribution is -2.28. The topological polar surface area (TPSA) is 33.2 Å². The highest BCUT2D eigenvalue weighted by molar-refractivity contribution is 7.09. The van der Waals surface area contributed by atoms with Gasteiger partial charge in [-0.3, -0.25) is 9.78 Å². The maximum atomic E-state index is 12.6. The first-order chi connectivity index (χ1) is 11.8. The number of carbonyl (C=O) groups excluding carboxylic acids is 1. The molecule has 0 unspecified atom stereocenters. The van der Waals surface area contributed by atoms with Gasteiger partial charge < -0.3 is 4.90 Å². The fraction of sp³-hybridized carbons (Fsp3) is 0.200. The molecule has 1 amide bonds. The molecule has 0 atom stereocenters. The van der Waals surface area contributed by atoms with E-state index in [-0.39, 0.29) is 5.91 Å².